The van der Waals surface area contributed by atoms with Crippen LogP contribution >= 0.6 is 11.3 Å². The summed E-state index contributed by atoms with van der Waals surface area (Å²) >= 11 is 1.52. The standard InChI is InChI=1S/C20H24N2O2S/c1-12-7-18(25-19(12)13-5-3-2-4-6-13)20(24)22-16-8-14-10-21-11-15(14)9-17(16)23/h2-7,14-17,21,23H,8-11H2,1H3,(H,22,24)/t14-,15+,16-,17-/m0/s1. The molecule has 1 saturated carbocycles. The molecule has 0 radical (unpaired) electrons. The Kier molecular flexibility index (Phi) is 4.63. The molecule has 5 heteroatoms. The fraction of sp³-hybridized carbons (Fsp3) is 0.450. The molecule has 1 aromatic heterocycles. The van der Waals surface area contributed by atoms with Gasteiger partial charge in [0.25, 0.3) is 5.91 Å². The molecule has 2 aliphatic rings. The van der Waals surface area contributed by atoms with E-state index in [9.17, 15) is 9.90 Å². The second-order valence-electron chi connectivity index (χ2n) is 7.29. The first-order chi connectivity index (χ1) is 12.1. The molecule has 0 unspecified atom stereocenters. The Morgan fingerprint density at radius 1 is 1.20 bits per heavy atom. The lowest BCUT2D eigenvalue weighted by atomic mass is 9.77. The summed E-state index contributed by atoms with van der Waals surface area (Å²) in [4.78, 5) is 14.6. The molecule has 4 atom stereocenters. The number of benzene rings is 1. The second kappa shape index (κ2) is 6.90. The van der Waals surface area contributed by atoms with Crippen molar-refractivity contribution in [2.24, 2.45) is 11.8 Å². The van der Waals surface area contributed by atoms with Crippen molar-refractivity contribution >= 4 is 17.2 Å². The van der Waals surface area contributed by atoms with Crippen LogP contribution in [0.2, 0.25) is 0 Å². The summed E-state index contributed by atoms with van der Waals surface area (Å²) in [6.07, 6.45) is 1.20. The number of thiophene rings is 1. The summed E-state index contributed by atoms with van der Waals surface area (Å²) in [7, 11) is 0. The normalized spacial score (nSPS) is 28.6. The van der Waals surface area contributed by atoms with Gasteiger partial charge in [-0.3, -0.25) is 4.79 Å². The Morgan fingerprint density at radius 2 is 1.92 bits per heavy atom. The van der Waals surface area contributed by atoms with Crippen molar-refractivity contribution in [2.75, 3.05) is 13.1 Å². The average molecular weight is 356 g/mol. The van der Waals surface area contributed by atoms with E-state index in [1.165, 1.54) is 11.3 Å². The number of hydrogen-bond acceptors (Lipinski definition) is 4. The topological polar surface area (TPSA) is 61.4 Å². The minimum Gasteiger partial charge on any atom is -0.391 e. The van der Waals surface area contributed by atoms with Crippen LogP contribution in [0.15, 0.2) is 36.4 Å². The average Bonchev–Trinajstić information content (AvgIpc) is 3.22. The van der Waals surface area contributed by atoms with Gasteiger partial charge in [0.1, 0.15) is 0 Å². The van der Waals surface area contributed by atoms with Crippen LogP contribution in [-0.2, 0) is 0 Å². The van der Waals surface area contributed by atoms with Crippen LogP contribution in [0.5, 0.6) is 0 Å². The maximum absolute atomic E-state index is 12.7. The molecule has 2 heterocycles. The van der Waals surface area contributed by atoms with Crippen LogP contribution < -0.4 is 10.6 Å². The van der Waals surface area contributed by atoms with E-state index < -0.39 is 6.10 Å². The number of fused-ring (bicyclic) bond motifs is 1. The Hall–Kier alpha value is -1.69. The maximum atomic E-state index is 12.7. The lowest BCUT2D eigenvalue weighted by molar-refractivity contribution is 0.0463. The number of rotatable bonds is 3. The number of hydrogen-bond donors (Lipinski definition) is 3. The maximum Gasteiger partial charge on any atom is 0.261 e. The van der Waals surface area contributed by atoms with Crippen LogP contribution in [0.1, 0.15) is 28.1 Å². The van der Waals surface area contributed by atoms with E-state index in [-0.39, 0.29) is 11.9 Å². The quantitative estimate of drug-likeness (QED) is 0.792. The van der Waals surface area contributed by atoms with Crippen molar-refractivity contribution in [3.05, 3.63) is 46.8 Å². The summed E-state index contributed by atoms with van der Waals surface area (Å²) in [5, 5.41) is 16.9. The lowest BCUT2D eigenvalue weighted by Crippen LogP contribution is -2.49. The summed E-state index contributed by atoms with van der Waals surface area (Å²) in [6.45, 7) is 4.03. The highest BCUT2D eigenvalue weighted by Crippen LogP contribution is 2.34. The highest BCUT2D eigenvalue weighted by molar-refractivity contribution is 7.17. The number of carbonyl (C=O) groups is 1. The molecule has 132 valence electrons. The molecule has 1 saturated heterocycles. The zero-order valence-electron chi connectivity index (χ0n) is 14.4. The van der Waals surface area contributed by atoms with Gasteiger partial charge in [0.2, 0.25) is 0 Å². The van der Waals surface area contributed by atoms with Crippen molar-refractivity contribution in [3.8, 4) is 10.4 Å². The summed E-state index contributed by atoms with van der Waals surface area (Å²) in [5.41, 5.74) is 2.26. The SMILES string of the molecule is Cc1cc(C(=O)N[C@H]2C[C@H]3CNC[C@H]3C[C@@H]2O)sc1-c1ccccc1. The third-order valence-corrected chi connectivity index (χ3v) is 6.82. The van der Waals surface area contributed by atoms with E-state index in [2.05, 4.69) is 22.8 Å². The third kappa shape index (κ3) is 3.36. The van der Waals surface area contributed by atoms with Crippen LogP contribution in [0, 0.1) is 18.8 Å². The number of aliphatic hydroxyl groups excluding tert-OH is 1. The van der Waals surface area contributed by atoms with E-state index in [0.717, 1.165) is 46.8 Å². The van der Waals surface area contributed by atoms with Gasteiger partial charge in [-0.25, -0.2) is 0 Å². The second-order valence-corrected chi connectivity index (χ2v) is 8.34. The van der Waals surface area contributed by atoms with Gasteiger partial charge < -0.3 is 15.7 Å². The van der Waals surface area contributed by atoms with E-state index in [1.807, 2.05) is 31.2 Å². The van der Waals surface area contributed by atoms with Gasteiger partial charge in [-0.1, -0.05) is 30.3 Å². The van der Waals surface area contributed by atoms with Gasteiger partial charge in [0.15, 0.2) is 0 Å². The largest absolute Gasteiger partial charge is 0.391 e. The number of amides is 1. The van der Waals surface area contributed by atoms with Crippen molar-refractivity contribution in [1.29, 1.82) is 0 Å². The van der Waals surface area contributed by atoms with Crippen molar-refractivity contribution in [1.82, 2.24) is 10.6 Å². The number of aliphatic hydroxyl groups is 1. The lowest BCUT2D eigenvalue weighted by Gasteiger charge is -2.35. The van der Waals surface area contributed by atoms with Gasteiger partial charge in [0.05, 0.1) is 17.0 Å². The molecule has 2 fully saturated rings. The number of aryl methyl sites for hydroxylation is 1. The molecule has 2 aromatic rings. The number of carbonyl (C=O) groups excluding carboxylic acids is 1. The number of nitrogens with one attached hydrogen (secondary N) is 2. The molecular formula is C20H24N2O2S. The van der Waals surface area contributed by atoms with E-state index in [1.54, 1.807) is 0 Å². The Bertz CT molecular complexity index is 758. The minimum absolute atomic E-state index is 0.0660. The predicted molar refractivity (Wildman–Crippen MR) is 101 cm³/mol. The Morgan fingerprint density at radius 3 is 2.68 bits per heavy atom. The first-order valence-electron chi connectivity index (χ1n) is 8.97. The fourth-order valence-corrected chi connectivity index (χ4v) is 5.24. The highest BCUT2D eigenvalue weighted by Gasteiger charge is 2.39. The summed E-state index contributed by atoms with van der Waals surface area (Å²) < 4.78 is 0. The molecule has 0 spiro atoms. The third-order valence-electron chi connectivity index (χ3n) is 5.54. The van der Waals surface area contributed by atoms with Crippen molar-refractivity contribution < 1.29 is 9.90 Å². The molecule has 1 amide bonds. The van der Waals surface area contributed by atoms with E-state index >= 15 is 0 Å². The van der Waals surface area contributed by atoms with Gasteiger partial charge in [-0.05, 0) is 61.9 Å². The van der Waals surface area contributed by atoms with Crippen LogP contribution in [0.4, 0.5) is 0 Å². The molecule has 4 nitrogen and oxygen atoms in total. The van der Waals surface area contributed by atoms with Gasteiger partial charge >= 0.3 is 0 Å². The van der Waals surface area contributed by atoms with E-state index in [4.69, 9.17) is 0 Å². The van der Waals surface area contributed by atoms with Gasteiger partial charge in [-0.15, -0.1) is 11.3 Å². The summed E-state index contributed by atoms with van der Waals surface area (Å²) in [6, 6.07) is 12.0. The monoisotopic (exact) mass is 356 g/mol. The van der Waals surface area contributed by atoms with Gasteiger partial charge in [-0.2, -0.15) is 0 Å². The van der Waals surface area contributed by atoms with Crippen molar-refractivity contribution in [3.63, 3.8) is 0 Å². The van der Waals surface area contributed by atoms with E-state index in [0.29, 0.717) is 11.8 Å². The smallest absolute Gasteiger partial charge is 0.261 e. The predicted octanol–water partition coefficient (Wildman–Crippen LogP) is 2.81. The van der Waals surface area contributed by atoms with Crippen LogP contribution in [-0.4, -0.2) is 36.2 Å². The fourth-order valence-electron chi connectivity index (χ4n) is 4.16. The molecule has 1 aromatic carbocycles. The Balaban J connectivity index is 1.48. The molecular weight excluding hydrogens is 332 g/mol. The molecule has 0 bridgehead atoms. The highest BCUT2D eigenvalue weighted by atomic mass is 32.1. The molecule has 3 N–H and O–H groups in total. The first kappa shape index (κ1) is 16.8. The zero-order chi connectivity index (χ0) is 17.4. The first-order valence-corrected chi connectivity index (χ1v) is 9.79. The molecule has 25 heavy (non-hydrogen) atoms. The van der Waals surface area contributed by atoms with Gasteiger partial charge in [0, 0.05) is 4.88 Å². The molecule has 4 rings (SSSR count). The molecule has 1 aliphatic carbocycles. The zero-order valence-corrected chi connectivity index (χ0v) is 15.2. The summed E-state index contributed by atoms with van der Waals surface area (Å²) in [5.74, 6) is 1.05. The van der Waals surface area contributed by atoms with Crippen molar-refractivity contribution in [2.45, 2.75) is 31.9 Å². The minimum atomic E-state index is -0.445. The van der Waals surface area contributed by atoms with Crippen LogP contribution in [0.3, 0.4) is 0 Å². The molecule has 1 aliphatic heterocycles. The Labute approximate surface area is 152 Å². The van der Waals surface area contributed by atoms with Crippen LogP contribution in [0.25, 0.3) is 10.4 Å².